The topological polar surface area (TPSA) is 112 Å². The first-order valence-electron chi connectivity index (χ1n) is 23.2. The Morgan fingerprint density at radius 1 is 0.292 bits per heavy atom. The second-order valence-electron chi connectivity index (χ2n) is 16.5. The van der Waals surface area contributed by atoms with Gasteiger partial charge < -0.3 is 15.3 Å². The molecule has 1 aliphatic rings. The second-order valence-corrected chi connectivity index (χ2v) is 16.5. The van der Waals surface area contributed by atoms with Crippen LogP contribution in [0.4, 0.5) is 0 Å². The molecule has 0 unspecified atom stereocenters. The summed E-state index contributed by atoms with van der Waals surface area (Å²) in [7, 11) is 0. The van der Waals surface area contributed by atoms with E-state index >= 15 is 0 Å². The normalized spacial score (nSPS) is 11.4. The zero-order chi connectivity index (χ0) is 49.8. The van der Waals surface area contributed by atoms with E-state index < -0.39 is 34.2 Å². The Bertz CT molecular complexity index is 2470. The van der Waals surface area contributed by atoms with Gasteiger partial charge in [0.15, 0.2) is 0 Å². The van der Waals surface area contributed by atoms with Gasteiger partial charge in [-0.25, -0.2) is 12.2 Å². The minimum Gasteiger partial charge on any atom is -0.480 e. The van der Waals surface area contributed by atoms with Crippen LogP contribution in [0.3, 0.4) is 0 Å². The molecule has 0 saturated heterocycles. The van der Waals surface area contributed by atoms with Crippen molar-refractivity contribution in [1.82, 2.24) is 0 Å². The van der Waals surface area contributed by atoms with Crippen molar-refractivity contribution in [1.29, 1.82) is 0 Å². The van der Waals surface area contributed by atoms with E-state index in [1.165, 1.54) is 0 Å². The molecular weight excluding hydrogens is 925 g/mol. The molecule has 3 N–H and O–H groups in total. The number of hydrogen-bond acceptors (Lipinski definition) is 3. The Balaban J connectivity index is 0.000000167. The van der Waals surface area contributed by atoms with Crippen molar-refractivity contribution in [3.05, 3.63) is 347 Å². The molecule has 0 spiro atoms. The summed E-state index contributed by atoms with van der Waals surface area (Å²) in [5, 5.41) is 30.6. The number of rotatable bonds is 12. The van der Waals surface area contributed by atoms with E-state index in [1.54, 1.807) is 0 Å². The van der Waals surface area contributed by atoms with Gasteiger partial charge in [0.2, 0.25) is 0 Å². The number of benzene rings is 9. The minimum atomic E-state index is -1.20. The van der Waals surface area contributed by atoms with Gasteiger partial charge in [0, 0.05) is 21.7 Å². The first-order chi connectivity index (χ1) is 34.8. The number of aliphatic carboxylic acids is 3. The predicted octanol–water partition coefficient (Wildman–Crippen LogP) is 13.6. The molecule has 9 aromatic carbocycles. The van der Waals surface area contributed by atoms with E-state index in [9.17, 15) is 29.7 Å². The average molecular weight is 978 g/mol. The van der Waals surface area contributed by atoms with Gasteiger partial charge in [-0.05, 0) is 50.1 Å². The average Bonchev–Trinajstić information content (AvgIpc) is 4.04. The van der Waals surface area contributed by atoms with Crippen molar-refractivity contribution in [3.8, 4) is 0 Å². The molecule has 354 valence electrons. The zero-order valence-electron chi connectivity index (χ0n) is 39.5. The fraction of sp³-hybridized carbons (Fsp3) is 0.0615. The Morgan fingerprint density at radius 2 is 0.444 bits per heavy atom. The largest absolute Gasteiger partial charge is 0.480 e. The summed E-state index contributed by atoms with van der Waals surface area (Å²) >= 11 is 0. The molecule has 0 aliphatic heterocycles. The van der Waals surface area contributed by atoms with Crippen LogP contribution in [0, 0.1) is 6.08 Å². The molecular formula is C65H53O6Ti-. The fourth-order valence-electron chi connectivity index (χ4n) is 9.14. The Morgan fingerprint density at radius 3 is 0.528 bits per heavy atom. The van der Waals surface area contributed by atoms with E-state index in [0.29, 0.717) is 0 Å². The van der Waals surface area contributed by atoms with Crippen molar-refractivity contribution in [2.75, 3.05) is 0 Å². The van der Waals surface area contributed by atoms with Crippen molar-refractivity contribution in [2.45, 2.75) is 22.7 Å². The first-order valence-corrected chi connectivity index (χ1v) is 23.2. The smallest absolute Gasteiger partial charge is 0.323 e. The van der Waals surface area contributed by atoms with E-state index in [0.717, 1.165) is 56.5 Å². The van der Waals surface area contributed by atoms with Crippen LogP contribution in [0.1, 0.15) is 56.5 Å². The molecule has 0 saturated carbocycles. The van der Waals surface area contributed by atoms with Gasteiger partial charge in [0.25, 0.3) is 0 Å². The quantitative estimate of drug-likeness (QED) is 0.0639. The Labute approximate surface area is 436 Å². The van der Waals surface area contributed by atoms with Crippen molar-refractivity contribution in [3.63, 3.8) is 0 Å². The fourth-order valence-corrected chi connectivity index (χ4v) is 9.14. The van der Waals surface area contributed by atoms with Gasteiger partial charge in [-0.2, -0.15) is 6.08 Å². The van der Waals surface area contributed by atoms with Crippen LogP contribution in [0.25, 0.3) is 0 Å². The number of carbonyl (C=O) groups is 3. The molecule has 9 aromatic rings. The summed E-state index contributed by atoms with van der Waals surface area (Å²) in [5.74, 6) is -2.64. The monoisotopic (exact) mass is 977 g/mol. The Kier molecular flexibility index (Phi) is 19.1. The molecule has 10 rings (SSSR count). The van der Waals surface area contributed by atoms with Crippen molar-refractivity contribution in [2.24, 2.45) is 0 Å². The van der Waals surface area contributed by atoms with Gasteiger partial charge in [-0.15, -0.1) is 6.42 Å². The Hall–Kier alpha value is -8.42. The van der Waals surface area contributed by atoms with Gasteiger partial charge in [-0.3, -0.25) is 20.5 Å². The molecule has 7 heteroatoms. The third kappa shape index (κ3) is 11.4. The summed E-state index contributed by atoms with van der Waals surface area (Å²) in [6, 6.07) is 84.4. The summed E-state index contributed by atoms with van der Waals surface area (Å²) in [4.78, 5) is 37.3. The van der Waals surface area contributed by atoms with E-state index in [1.807, 2.05) is 285 Å². The van der Waals surface area contributed by atoms with Gasteiger partial charge in [-0.1, -0.05) is 273 Å². The van der Waals surface area contributed by atoms with Crippen LogP contribution in [-0.4, -0.2) is 33.2 Å². The SMILES string of the molecule is O=C(O)C(c1ccccc1)(c1ccccc1)c1ccccc1.O=C(O)C(c1ccccc1)(c1ccccc1)c1ccccc1.O=C(O)C(c1ccccc1)(c1ccccc1)c1ccccc1.[C-]1=CC=CC1.[Ti]. The van der Waals surface area contributed by atoms with E-state index in [2.05, 4.69) is 12.2 Å². The molecule has 0 bridgehead atoms. The number of allylic oxidation sites excluding steroid dienone is 4. The van der Waals surface area contributed by atoms with Crippen LogP contribution in [0.15, 0.2) is 291 Å². The molecule has 0 amide bonds. The predicted molar refractivity (Wildman–Crippen MR) is 282 cm³/mol. The zero-order valence-corrected chi connectivity index (χ0v) is 41.0. The maximum Gasteiger partial charge on any atom is 0.323 e. The summed E-state index contributed by atoms with van der Waals surface area (Å²) in [5.41, 5.74) is 3.14. The van der Waals surface area contributed by atoms with Crippen LogP contribution in [0.2, 0.25) is 0 Å². The maximum atomic E-state index is 12.4. The summed E-state index contributed by atoms with van der Waals surface area (Å²) in [6.07, 6.45) is 10.0. The minimum absolute atomic E-state index is 0. The summed E-state index contributed by atoms with van der Waals surface area (Å²) < 4.78 is 0. The van der Waals surface area contributed by atoms with Crippen LogP contribution in [-0.2, 0) is 52.3 Å². The third-order valence-electron chi connectivity index (χ3n) is 12.4. The van der Waals surface area contributed by atoms with Gasteiger partial charge in [0.1, 0.15) is 16.2 Å². The van der Waals surface area contributed by atoms with Crippen LogP contribution in [0.5, 0.6) is 0 Å². The molecule has 0 fully saturated rings. The molecule has 0 heterocycles. The van der Waals surface area contributed by atoms with E-state index in [4.69, 9.17) is 0 Å². The van der Waals surface area contributed by atoms with Crippen LogP contribution < -0.4 is 0 Å². The van der Waals surface area contributed by atoms with Crippen molar-refractivity contribution >= 4 is 17.9 Å². The molecule has 0 atom stereocenters. The second kappa shape index (κ2) is 26.0. The van der Waals surface area contributed by atoms with Gasteiger partial charge >= 0.3 is 17.9 Å². The molecule has 0 radical (unpaired) electrons. The molecule has 0 aromatic heterocycles. The molecule has 1 aliphatic carbocycles. The standard InChI is InChI=1S/3C20H16O2.C5H5.Ti/c3*21-19(22)20(16-10-4-1-5-11-16,17-12-6-2-7-13-17)18-14-8-3-9-15-18;1-2-4-5-3-1;/h3*1-15H,(H,21,22);1-3H,4H2;/q;;;-1;. The molecule has 6 nitrogen and oxygen atoms in total. The number of hydrogen-bond donors (Lipinski definition) is 3. The molecule has 72 heavy (non-hydrogen) atoms. The first kappa shape index (κ1) is 52.9. The third-order valence-corrected chi connectivity index (χ3v) is 12.4. The van der Waals surface area contributed by atoms with E-state index in [-0.39, 0.29) is 21.7 Å². The maximum absolute atomic E-state index is 12.4. The number of carboxylic acids is 3. The van der Waals surface area contributed by atoms with Gasteiger partial charge in [0.05, 0.1) is 0 Å². The van der Waals surface area contributed by atoms with Crippen LogP contribution >= 0.6 is 0 Å². The van der Waals surface area contributed by atoms with Crippen molar-refractivity contribution < 1.29 is 51.4 Å². The number of carboxylic acid groups (broad SMARTS) is 3. The summed E-state index contributed by atoms with van der Waals surface area (Å²) in [6.45, 7) is 0.